The Hall–Kier alpha value is -1.27. The summed E-state index contributed by atoms with van der Waals surface area (Å²) >= 11 is 0. The molecule has 1 fully saturated rings. The van der Waals surface area contributed by atoms with Crippen LogP contribution in [-0.4, -0.2) is 31.1 Å². The van der Waals surface area contributed by atoms with Crippen LogP contribution in [0, 0.1) is 0 Å². The molecule has 1 aliphatic heterocycles. The fourth-order valence-corrected chi connectivity index (χ4v) is 2.63. The standard InChI is InChI=1S/C15H21F3N2O/c1-20-7-3-2-4-12(20)10-21-13-6-5-11(9-19)14(8-13)15(16,17)18/h5-6,8,12H,2-4,7,9-10,19H2,1H3. The molecule has 1 saturated heterocycles. The molecule has 1 unspecified atom stereocenters. The maximum absolute atomic E-state index is 13.0. The van der Waals surface area contributed by atoms with Crippen molar-refractivity contribution in [2.75, 3.05) is 20.2 Å². The Kier molecular flexibility index (Phi) is 5.11. The van der Waals surface area contributed by atoms with Crippen molar-refractivity contribution in [3.63, 3.8) is 0 Å². The molecule has 21 heavy (non-hydrogen) atoms. The van der Waals surface area contributed by atoms with E-state index in [0.29, 0.717) is 6.61 Å². The zero-order valence-electron chi connectivity index (χ0n) is 12.1. The molecule has 0 radical (unpaired) electrons. The van der Waals surface area contributed by atoms with Gasteiger partial charge < -0.3 is 15.4 Å². The van der Waals surface area contributed by atoms with Crippen LogP contribution in [0.1, 0.15) is 30.4 Å². The normalized spacial score (nSPS) is 20.5. The topological polar surface area (TPSA) is 38.5 Å². The third-order valence-electron chi connectivity index (χ3n) is 3.97. The van der Waals surface area contributed by atoms with Crippen molar-refractivity contribution in [3.05, 3.63) is 29.3 Å². The zero-order chi connectivity index (χ0) is 15.5. The molecule has 3 nitrogen and oxygen atoms in total. The quantitative estimate of drug-likeness (QED) is 0.929. The molecule has 2 rings (SSSR count). The first kappa shape index (κ1) is 16.1. The highest BCUT2D eigenvalue weighted by Gasteiger charge is 2.33. The number of nitrogens with zero attached hydrogens (tertiary/aromatic N) is 1. The molecule has 1 aromatic carbocycles. The van der Waals surface area contributed by atoms with Gasteiger partial charge in [-0.2, -0.15) is 13.2 Å². The molecule has 1 heterocycles. The second-order valence-corrected chi connectivity index (χ2v) is 5.46. The van der Waals surface area contributed by atoms with Crippen LogP contribution in [0.15, 0.2) is 18.2 Å². The lowest BCUT2D eigenvalue weighted by Gasteiger charge is -2.32. The Labute approximate surface area is 122 Å². The van der Waals surface area contributed by atoms with E-state index in [0.717, 1.165) is 31.9 Å². The average Bonchev–Trinajstić information content (AvgIpc) is 2.45. The van der Waals surface area contributed by atoms with Crippen LogP contribution in [0.25, 0.3) is 0 Å². The molecular formula is C15H21F3N2O. The summed E-state index contributed by atoms with van der Waals surface area (Å²) < 4.78 is 44.4. The second-order valence-electron chi connectivity index (χ2n) is 5.46. The molecule has 0 aliphatic carbocycles. The van der Waals surface area contributed by atoms with Crippen molar-refractivity contribution in [1.29, 1.82) is 0 Å². The van der Waals surface area contributed by atoms with E-state index >= 15 is 0 Å². The monoisotopic (exact) mass is 302 g/mol. The largest absolute Gasteiger partial charge is 0.492 e. The number of halogens is 3. The van der Waals surface area contributed by atoms with E-state index in [2.05, 4.69) is 4.90 Å². The molecule has 1 aromatic rings. The van der Waals surface area contributed by atoms with Gasteiger partial charge in [0.2, 0.25) is 0 Å². The number of hydrogen-bond donors (Lipinski definition) is 1. The molecule has 0 bridgehead atoms. The average molecular weight is 302 g/mol. The van der Waals surface area contributed by atoms with Crippen molar-refractivity contribution in [1.82, 2.24) is 4.90 Å². The lowest BCUT2D eigenvalue weighted by atomic mass is 10.0. The number of hydrogen-bond acceptors (Lipinski definition) is 3. The van der Waals surface area contributed by atoms with E-state index in [9.17, 15) is 13.2 Å². The highest BCUT2D eigenvalue weighted by atomic mass is 19.4. The summed E-state index contributed by atoms with van der Waals surface area (Å²) in [6.45, 7) is 1.28. The van der Waals surface area contributed by atoms with Gasteiger partial charge >= 0.3 is 6.18 Å². The first-order valence-corrected chi connectivity index (χ1v) is 7.15. The zero-order valence-corrected chi connectivity index (χ0v) is 12.1. The van der Waals surface area contributed by atoms with Gasteiger partial charge in [0.1, 0.15) is 12.4 Å². The van der Waals surface area contributed by atoms with Crippen LogP contribution in [0.5, 0.6) is 5.75 Å². The number of alkyl halides is 3. The van der Waals surface area contributed by atoms with Gasteiger partial charge in [-0.3, -0.25) is 0 Å². The van der Waals surface area contributed by atoms with Crippen LogP contribution < -0.4 is 10.5 Å². The summed E-state index contributed by atoms with van der Waals surface area (Å²) in [5.74, 6) is 0.249. The van der Waals surface area contributed by atoms with E-state index < -0.39 is 11.7 Å². The Morgan fingerprint density at radius 3 is 2.71 bits per heavy atom. The number of rotatable bonds is 4. The SMILES string of the molecule is CN1CCCCC1COc1ccc(CN)c(C(F)(F)F)c1. The minimum atomic E-state index is -4.41. The maximum Gasteiger partial charge on any atom is 0.416 e. The number of piperidine rings is 1. The number of likely N-dealkylation sites (tertiary alicyclic amines) is 1. The predicted octanol–water partition coefficient (Wildman–Crippen LogP) is 3.03. The van der Waals surface area contributed by atoms with Crippen molar-refractivity contribution >= 4 is 0 Å². The molecule has 6 heteroatoms. The highest BCUT2D eigenvalue weighted by Crippen LogP contribution is 2.34. The lowest BCUT2D eigenvalue weighted by Crippen LogP contribution is -2.40. The van der Waals surface area contributed by atoms with Gasteiger partial charge in [0.05, 0.1) is 5.56 Å². The maximum atomic E-state index is 13.0. The number of nitrogens with two attached hydrogens (primary N) is 1. The molecule has 1 atom stereocenters. The fourth-order valence-electron chi connectivity index (χ4n) is 2.63. The van der Waals surface area contributed by atoms with Crippen LogP contribution >= 0.6 is 0 Å². The van der Waals surface area contributed by atoms with Gasteiger partial charge in [0.15, 0.2) is 0 Å². The summed E-state index contributed by atoms with van der Waals surface area (Å²) in [6, 6.07) is 4.26. The lowest BCUT2D eigenvalue weighted by molar-refractivity contribution is -0.138. The fraction of sp³-hybridized carbons (Fsp3) is 0.600. The van der Waals surface area contributed by atoms with E-state index in [1.165, 1.54) is 6.07 Å². The second kappa shape index (κ2) is 6.66. The number of likely N-dealkylation sites (N-methyl/N-ethyl adjacent to an activating group) is 1. The van der Waals surface area contributed by atoms with Gasteiger partial charge in [-0.25, -0.2) is 0 Å². The smallest absolute Gasteiger partial charge is 0.416 e. The van der Waals surface area contributed by atoms with E-state index in [-0.39, 0.29) is 23.9 Å². The summed E-state index contributed by atoms with van der Waals surface area (Å²) in [7, 11) is 2.02. The molecule has 0 spiro atoms. The van der Waals surface area contributed by atoms with Crippen molar-refractivity contribution in [2.45, 2.75) is 38.0 Å². The van der Waals surface area contributed by atoms with Crippen LogP contribution in [0.2, 0.25) is 0 Å². The van der Waals surface area contributed by atoms with E-state index in [4.69, 9.17) is 10.5 Å². The van der Waals surface area contributed by atoms with Gasteiger partial charge in [-0.1, -0.05) is 12.5 Å². The van der Waals surface area contributed by atoms with Crippen LogP contribution in [-0.2, 0) is 12.7 Å². The molecular weight excluding hydrogens is 281 g/mol. The van der Waals surface area contributed by atoms with Crippen LogP contribution in [0.4, 0.5) is 13.2 Å². The first-order chi connectivity index (χ1) is 9.91. The van der Waals surface area contributed by atoms with Crippen molar-refractivity contribution in [3.8, 4) is 5.75 Å². The minimum absolute atomic E-state index is 0.0876. The molecule has 0 aromatic heterocycles. The third-order valence-corrected chi connectivity index (χ3v) is 3.97. The Balaban J connectivity index is 2.07. The molecule has 2 N–H and O–H groups in total. The van der Waals surface area contributed by atoms with E-state index in [1.807, 2.05) is 7.05 Å². The van der Waals surface area contributed by atoms with Gasteiger partial charge in [-0.05, 0) is 44.1 Å². The summed E-state index contributed by atoms with van der Waals surface area (Å²) in [6.07, 6.45) is -1.09. The van der Waals surface area contributed by atoms with E-state index in [1.54, 1.807) is 6.07 Å². The Morgan fingerprint density at radius 2 is 2.10 bits per heavy atom. The molecule has 1 aliphatic rings. The summed E-state index contributed by atoms with van der Waals surface area (Å²) in [5, 5.41) is 0. The minimum Gasteiger partial charge on any atom is -0.492 e. The number of ether oxygens (including phenoxy) is 1. The molecule has 0 amide bonds. The van der Waals surface area contributed by atoms with Gasteiger partial charge in [0, 0.05) is 12.6 Å². The molecule has 0 saturated carbocycles. The Bertz CT molecular complexity index is 476. The molecule has 118 valence electrons. The predicted molar refractivity (Wildman–Crippen MR) is 75.1 cm³/mol. The third kappa shape index (κ3) is 4.11. The summed E-state index contributed by atoms with van der Waals surface area (Å²) in [4.78, 5) is 2.20. The van der Waals surface area contributed by atoms with Crippen molar-refractivity contribution < 1.29 is 17.9 Å². The number of benzene rings is 1. The highest BCUT2D eigenvalue weighted by molar-refractivity contribution is 5.37. The van der Waals surface area contributed by atoms with Crippen molar-refractivity contribution in [2.24, 2.45) is 5.73 Å². The van der Waals surface area contributed by atoms with Gasteiger partial charge in [0.25, 0.3) is 0 Å². The Morgan fingerprint density at radius 1 is 1.33 bits per heavy atom. The summed E-state index contributed by atoms with van der Waals surface area (Å²) in [5.41, 5.74) is 4.74. The van der Waals surface area contributed by atoms with Crippen LogP contribution in [0.3, 0.4) is 0 Å². The first-order valence-electron chi connectivity index (χ1n) is 7.15. The van der Waals surface area contributed by atoms with Gasteiger partial charge in [-0.15, -0.1) is 0 Å².